The van der Waals surface area contributed by atoms with Crippen LogP contribution >= 0.6 is 27.7 Å². The van der Waals surface area contributed by atoms with Crippen LogP contribution in [0.1, 0.15) is 42.0 Å². The van der Waals surface area contributed by atoms with Gasteiger partial charge in [0.1, 0.15) is 6.04 Å². The topological polar surface area (TPSA) is 49.4 Å². The molecule has 6 heteroatoms. The third-order valence-electron chi connectivity index (χ3n) is 6.09. The van der Waals surface area contributed by atoms with Gasteiger partial charge in [0.15, 0.2) is 0 Å². The number of carbonyl (C=O) groups excluding carboxylic acids is 2. The smallest absolute Gasteiger partial charge is 0.243 e. The van der Waals surface area contributed by atoms with Gasteiger partial charge in [-0.3, -0.25) is 9.59 Å². The van der Waals surface area contributed by atoms with Crippen LogP contribution in [-0.4, -0.2) is 35.1 Å². The summed E-state index contributed by atoms with van der Waals surface area (Å²) >= 11 is 5.13. The maximum Gasteiger partial charge on any atom is 0.243 e. The average molecular weight is 568 g/mol. The van der Waals surface area contributed by atoms with Gasteiger partial charge in [-0.05, 0) is 47.7 Å². The van der Waals surface area contributed by atoms with Gasteiger partial charge in [0.05, 0.1) is 5.75 Å². The van der Waals surface area contributed by atoms with Crippen molar-refractivity contribution in [1.82, 2.24) is 10.2 Å². The predicted octanol–water partition coefficient (Wildman–Crippen LogP) is 6.55. The number of hydrogen-bond donors (Lipinski definition) is 1. The van der Waals surface area contributed by atoms with Crippen molar-refractivity contribution < 1.29 is 9.59 Å². The minimum Gasteiger partial charge on any atom is -0.354 e. The molecule has 1 unspecified atom stereocenters. The third-order valence-corrected chi connectivity index (χ3v) is 7.55. The normalized spacial score (nSPS) is 11.6. The van der Waals surface area contributed by atoms with Crippen LogP contribution in [-0.2, 0) is 28.3 Å². The maximum absolute atomic E-state index is 13.7. The number of nitrogens with zero attached hydrogens (tertiary/aromatic N) is 1. The number of benzene rings is 3. The average Bonchev–Trinajstić information content (AvgIpc) is 2.88. The van der Waals surface area contributed by atoms with E-state index in [9.17, 15) is 9.59 Å². The molecule has 0 spiro atoms. The van der Waals surface area contributed by atoms with Crippen molar-refractivity contribution in [3.8, 4) is 0 Å². The van der Waals surface area contributed by atoms with E-state index in [1.807, 2.05) is 66.7 Å². The summed E-state index contributed by atoms with van der Waals surface area (Å²) in [5.74, 6) is 0.949. The lowest BCUT2D eigenvalue weighted by atomic mass is 10.0. The second-order valence-electron chi connectivity index (χ2n) is 8.92. The molecule has 3 rings (SSSR count). The second-order valence-corrected chi connectivity index (χ2v) is 10.8. The highest BCUT2D eigenvalue weighted by Gasteiger charge is 2.30. The number of unbranched alkanes of at least 4 members (excludes halogenated alkanes) is 1. The molecule has 0 aliphatic heterocycles. The number of rotatable bonds is 13. The fraction of sp³-hybridized carbons (Fsp3) is 0.333. The zero-order chi connectivity index (χ0) is 25.8. The van der Waals surface area contributed by atoms with Gasteiger partial charge < -0.3 is 10.2 Å². The highest BCUT2D eigenvalue weighted by atomic mass is 79.9. The number of hydrogen-bond acceptors (Lipinski definition) is 3. The molecule has 3 aromatic rings. The van der Waals surface area contributed by atoms with E-state index in [0.717, 1.165) is 34.2 Å². The molecule has 0 bridgehead atoms. The first-order valence-corrected chi connectivity index (χ1v) is 14.4. The third kappa shape index (κ3) is 8.82. The highest BCUT2D eigenvalue weighted by Crippen LogP contribution is 2.21. The van der Waals surface area contributed by atoms with Crippen LogP contribution in [0.4, 0.5) is 0 Å². The minimum atomic E-state index is -0.588. The summed E-state index contributed by atoms with van der Waals surface area (Å²) in [6.45, 7) is 5.18. The zero-order valence-electron chi connectivity index (χ0n) is 21.1. The van der Waals surface area contributed by atoms with Gasteiger partial charge in [-0.15, -0.1) is 11.8 Å². The van der Waals surface area contributed by atoms with E-state index < -0.39 is 6.04 Å². The van der Waals surface area contributed by atoms with E-state index in [4.69, 9.17) is 0 Å². The number of thioether (sulfide) groups is 1. The summed E-state index contributed by atoms with van der Waals surface area (Å²) in [5, 5.41) is 3.08. The SMILES string of the molecule is CCCCNC(=O)C(Cc1ccccc1)N(Cc1cccc(Br)c1)C(=O)CSCc1ccccc1C. The van der Waals surface area contributed by atoms with Crippen LogP contribution in [0.2, 0.25) is 0 Å². The number of nitrogens with one attached hydrogen (secondary N) is 1. The molecule has 0 aliphatic carbocycles. The monoisotopic (exact) mass is 566 g/mol. The van der Waals surface area contributed by atoms with Gasteiger partial charge in [-0.25, -0.2) is 0 Å². The quantitative estimate of drug-likeness (QED) is 0.239. The van der Waals surface area contributed by atoms with Crippen molar-refractivity contribution in [3.63, 3.8) is 0 Å². The van der Waals surface area contributed by atoms with E-state index in [0.29, 0.717) is 25.3 Å². The second kappa shape index (κ2) is 14.9. The molecule has 2 amide bonds. The summed E-state index contributed by atoms with van der Waals surface area (Å²) in [7, 11) is 0. The van der Waals surface area contributed by atoms with Gasteiger partial charge in [-0.2, -0.15) is 0 Å². The first-order chi connectivity index (χ1) is 17.5. The van der Waals surface area contributed by atoms with Gasteiger partial charge in [-0.1, -0.05) is 96.0 Å². The molecule has 36 heavy (non-hydrogen) atoms. The molecule has 1 atom stereocenters. The Morgan fingerprint density at radius 3 is 2.42 bits per heavy atom. The Labute approximate surface area is 228 Å². The molecule has 0 aromatic heterocycles. The summed E-state index contributed by atoms with van der Waals surface area (Å²) < 4.78 is 0.952. The molecular formula is C30H35BrN2O2S. The van der Waals surface area contributed by atoms with Crippen LogP contribution in [0.5, 0.6) is 0 Å². The molecule has 0 fully saturated rings. The summed E-state index contributed by atoms with van der Waals surface area (Å²) in [6.07, 6.45) is 2.39. The predicted molar refractivity (Wildman–Crippen MR) is 154 cm³/mol. The van der Waals surface area contributed by atoms with E-state index >= 15 is 0 Å². The van der Waals surface area contributed by atoms with E-state index in [2.05, 4.69) is 47.2 Å². The Morgan fingerprint density at radius 2 is 1.69 bits per heavy atom. The lowest BCUT2D eigenvalue weighted by Gasteiger charge is -2.31. The summed E-state index contributed by atoms with van der Waals surface area (Å²) in [6, 6.07) is 25.5. The van der Waals surface area contributed by atoms with Crippen LogP contribution in [0.25, 0.3) is 0 Å². The van der Waals surface area contributed by atoms with Gasteiger partial charge in [0.2, 0.25) is 11.8 Å². The van der Waals surface area contributed by atoms with Gasteiger partial charge in [0, 0.05) is 29.7 Å². The van der Waals surface area contributed by atoms with Gasteiger partial charge in [0.25, 0.3) is 0 Å². The van der Waals surface area contributed by atoms with Crippen molar-refractivity contribution in [1.29, 1.82) is 0 Å². The van der Waals surface area contributed by atoms with Crippen LogP contribution in [0, 0.1) is 6.92 Å². The summed E-state index contributed by atoms with van der Waals surface area (Å²) in [4.78, 5) is 28.9. The van der Waals surface area contributed by atoms with E-state index in [1.165, 1.54) is 11.1 Å². The lowest BCUT2D eigenvalue weighted by Crippen LogP contribution is -2.51. The molecule has 0 aliphatic rings. The Bertz CT molecular complexity index is 1120. The Balaban J connectivity index is 1.84. The standard InChI is InChI=1S/C30H35BrN2O2S/c1-3-4-17-32-30(35)28(19-24-12-6-5-7-13-24)33(20-25-14-10-16-27(31)18-25)29(34)22-36-21-26-15-9-8-11-23(26)2/h5-16,18,28H,3-4,17,19-22H2,1-2H3,(H,32,35). The fourth-order valence-corrected chi connectivity index (χ4v) is 5.43. The first-order valence-electron chi connectivity index (χ1n) is 12.5. The van der Waals surface area contributed by atoms with Crippen LogP contribution < -0.4 is 5.32 Å². The minimum absolute atomic E-state index is 0.0277. The van der Waals surface area contributed by atoms with Crippen molar-refractivity contribution in [2.75, 3.05) is 12.3 Å². The molecule has 0 radical (unpaired) electrons. The summed E-state index contributed by atoms with van der Waals surface area (Å²) in [5.41, 5.74) is 4.47. The van der Waals surface area contributed by atoms with Crippen molar-refractivity contribution in [2.45, 2.75) is 51.4 Å². The van der Waals surface area contributed by atoms with E-state index in [-0.39, 0.29) is 11.8 Å². The Morgan fingerprint density at radius 1 is 0.972 bits per heavy atom. The largest absolute Gasteiger partial charge is 0.354 e. The van der Waals surface area contributed by atoms with Crippen molar-refractivity contribution in [2.24, 2.45) is 0 Å². The molecule has 0 saturated heterocycles. The Hall–Kier alpha value is -2.57. The van der Waals surface area contributed by atoms with Crippen molar-refractivity contribution >= 4 is 39.5 Å². The van der Waals surface area contributed by atoms with Gasteiger partial charge >= 0.3 is 0 Å². The molecule has 0 heterocycles. The fourth-order valence-electron chi connectivity index (χ4n) is 4.00. The molecule has 4 nitrogen and oxygen atoms in total. The Kier molecular flexibility index (Phi) is 11.6. The van der Waals surface area contributed by atoms with E-state index in [1.54, 1.807) is 16.7 Å². The molecular weight excluding hydrogens is 532 g/mol. The maximum atomic E-state index is 13.7. The molecule has 0 saturated carbocycles. The number of halogens is 1. The molecule has 3 aromatic carbocycles. The first kappa shape index (κ1) is 28.0. The molecule has 190 valence electrons. The zero-order valence-corrected chi connectivity index (χ0v) is 23.5. The lowest BCUT2D eigenvalue weighted by molar-refractivity contribution is -0.139. The van der Waals surface area contributed by atoms with Crippen LogP contribution in [0.15, 0.2) is 83.3 Å². The molecule has 1 N–H and O–H groups in total. The number of carbonyl (C=O) groups is 2. The number of aryl methyl sites for hydroxylation is 1. The highest BCUT2D eigenvalue weighted by molar-refractivity contribution is 9.10. The van der Waals surface area contributed by atoms with Crippen LogP contribution in [0.3, 0.4) is 0 Å². The van der Waals surface area contributed by atoms with Crippen molar-refractivity contribution in [3.05, 3.63) is 106 Å². The number of amides is 2.